The molecule has 1 saturated heterocycles. The Morgan fingerprint density at radius 1 is 1.09 bits per heavy atom. The van der Waals surface area contributed by atoms with Crippen molar-refractivity contribution in [2.45, 2.75) is 62.1 Å². The van der Waals surface area contributed by atoms with Crippen LogP contribution in [0.3, 0.4) is 0 Å². The second-order valence-corrected chi connectivity index (χ2v) is 9.65. The highest BCUT2D eigenvalue weighted by molar-refractivity contribution is 6.28. The highest BCUT2D eigenvalue weighted by atomic mass is 35.5. The fourth-order valence-corrected chi connectivity index (χ4v) is 6.00. The number of para-hydroxylation sites is 1. The topological polar surface area (TPSA) is 117 Å². The van der Waals surface area contributed by atoms with Crippen LogP contribution in [0.2, 0.25) is 5.28 Å². The van der Waals surface area contributed by atoms with Crippen LogP contribution in [-0.4, -0.2) is 66.3 Å². The van der Waals surface area contributed by atoms with E-state index in [0.717, 1.165) is 25.1 Å². The lowest BCUT2D eigenvalue weighted by molar-refractivity contribution is -0.0511. The van der Waals surface area contributed by atoms with E-state index < -0.39 is 31.1 Å². The van der Waals surface area contributed by atoms with E-state index in [1.165, 1.54) is 31.2 Å². The first-order valence-corrected chi connectivity index (χ1v) is 11.8. The normalized spacial score (nSPS) is 28.7. The molecule has 3 aliphatic rings. The Morgan fingerprint density at radius 3 is 2.64 bits per heavy atom. The molecule has 0 radical (unpaired) electrons. The molecule has 2 fully saturated rings. The molecule has 1 aromatic carbocycles. The quantitative estimate of drug-likeness (QED) is 0.499. The van der Waals surface area contributed by atoms with Crippen LogP contribution in [0.25, 0.3) is 11.2 Å². The van der Waals surface area contributed by atoms with Crippen molar-refractivity contribution in [1.29, 1.82) is 0 Å². The molecule has 2 aliphatic heterocycles. The van der Waals surface area contributed by atoms with Crippen molar-refractivity contribution in [2.75, 3.05) is 18.1 Å². The Kier molecular flexibility index (Phi) is 5.08. The highest BCUT2D eigenvalue weighted by Gasteiger charge is 2.46. The van der Waals surface area contributed by atoms with Crippen molar-refractivity contribution >= 4 is 34.3 Å². The maximum atomic E-state index is 10.5. The summed E-state index contributed by atoms with van der Waals surface area (Å²) in [6.45, 7) is 0.393. The van der Waals surface area contributed by atoms with Gasteiger partial charge in [-0.05, 0) is 36.1 Å². The Bertz CT molecular complexity index is 1200. The van der Waals surface area contributed by atoms with E-state index in [9.17, 15) is 15.3 Å². The van der Waals surface area contributed by atoms with Crippen LogP contribution in [0.15, 0.2) is 30.6 Å². The summed E-state index contributed by atoms with van der Waals surface area (Å²) in [5.74, 6) is 0.616. The van der Waals surface area contributed by atoms with Gasteiger partial charge in [-0.3, -0.25) is 4.57 Å². The molecule has 0 bridgehead atoms. The van der Waals surface area contributed by atoms with Gasteiger partial charge in [0.1, 0.15) is 18.3 Å². The smallest absolute Gasteiger partial charge is 0.226 e. The molecule has 3 N–H and O–H groups in total. The van der Waals surface area contributed by atoms with Gasteiger partial charge in [0, 0.05) is 17.6 Å². The fourth-order valence-electron chi connectivity index (χ4n) is 5.84. The second-order valence-electron chi connectivity index (χ2n) is 9.31. The maximum Gasteiger partial charge on any atom is 0.226 e. The molecule has 1 spiro atoms. The summed E-state index contributed by atoms with van der Waals surface area (Å²) in [6, 6.07) is 8.46. The molecule has 2 unspecified atom stereocenters. The molecule has 4 heterocycles. The summed E-state index contributed by atoms with van der Waals surface area (Å²) >= 11 is 6.38. The molecule has 3 aromatic rings. The second kappa shape index (κ2) is 7.89. The van der Waals surface area contributed by atoms with E-state index in [0.29, 0.717) is 17.0 Å². The summed E-state index contributed by atoms with van der Waals surface area (Å²) in [4.78, 5) is 15.7. The summed E-state index contributed by atoms with van der Waals surface area (Å²) in [6.07, 6.45) is 3.18. The third kappa shape index (κ3) is 3.18. The Hall–Kier alpha value is -2.30. The van der Waals surface area contributed by atoms with Gasteiger partial charge >= 0.3 is 0 Å². The van der Waals surface area contributed by atoms with E-state index in [1.807, 2.05) is 6.07 Å². The minimum absolute atomic E-state index is 0.0630. The number of hydrogen-bond donors (Lipinski definition) is 3. The standard InChI is InChI=1S/C23H26ClN5O4/c24-22-26-19(28-11-23(8-4-1-5-9-23)13-6-2-3-7-14(13)28)16-20(27-22)29(12-25-16)21-18(32)17(31)15(10-30)33-21/h2-3,6-7,12,15,17-18,21,30-32H,1,4-5,8-11H2/t15-,17?,18?,21-/m1/s1. The van der Waals surface area contributed by atoms with E-state index in [-0.39, 0.29) is 10.7 Å². The van der Waals surface area contributed by atoms with Gasteiger partial charge in [-0.1, -0.05) is 37.5 Å². The number of fused-ring (bicyclic) bond motifs is 3. The molecule has 1 saturated carbocycles. The molecule has 1 aliphatic carbocycles. The largest absolute Gasteiger partial charge is 0.394 e. The Balaban J connectivity index is 1.46. The number of aliphatic hydroxyl groups is 3. The van der Waals surface area contributed by atoms with E-state index >= 15 is 0 Å². The molecular formula is C23H26ClN5O4. The number of benzene rings is 1. The lowest BCUT2D eigenvalue weighted by Crippen LogP contribution is -2.34. The molecule has 6 rings (SSSR count). The van der Waals surface area contributed by atoms with Crippen molar-refractivity contribution in [2.24, 2.45) is 0 Å². The Morgan fingerprint density at radius 2 is 1.88 bits per heavy atom. The van der Waals surface area contributed by atoms with Crippen LogP contribution in [-0.2, 0) is 10.2 Å². The zero-order chi connectivity index (χ0) is 22.7. The van der Waals surface area contributed by atoms with Gasteiger partial charge in [0.2, 0.25) is 5.28 Å². The summed E-state index contributed by atoms with van der Waals surface area (Å²) < 4.78 is 7.24. The van der Waals surface area contributed by atoms with Gasteiger partial charge in [0.05, 0.1) is 12.9 Å². The predicted molar refractivity (Wildman–Crippen MR) is 122 cm³/mol. The van der Waals surface area contributed by atoms with Crippen molar-refractivity contribution in [1.82, 2.24) is 19.5 Å². The van der Waals surface area contributed by atoms with Crippen molar-refractivity contribution in [3.05, 3.63) is 41.4 Å². The van der Waals surface area contributed by atoms with Crippen LogP contribution in [0.4, 0.5) is 11.5 Å². The van der Waals surface area contributed by atoms with Crippen LogP contribution >= 0.6 is 11.6 Å². The number of hydrogen-bond acceptors (Lipinski definition) is 8. The first kappa shape index (κ1) is 21.2. The first-order chi connectivity index (χ1) is 16.0. The van der Waals surface area contributed by atoms with Gasteiger partial charge in [-0.15, -0.1) is 0 Å². The lowest BCUT2D eigenvalue weighted by Gasteiger charge is -2.34. The fraction of sp³-hybridized carbons (Fsp3) is 0.522. The molecule has 4 atom stereocenters. The van der Waals surface area contributed by atoms with Crippen LogP contribution in [0.5, 0.6) is 0 Å². The first-order valence-electron chi connectivity index (χ1n) is 11.4. The SMILES string of the molecule is OC[C@H]1O[C@@H](n2cnc3c(N4CC5(CCCCC5)c5ccccc54)nc(Cl)nc32)C(O)C1O. The van der Waals surface area contributed by atoms with Gasteiger partial charge in [0.15, 0.2) is 23.2 Å². The molecule has 10 heteroatoms. The number of nitrogens with zero attached hydrogens (tertiary/aromatic N) is 5. The monoisotopic (exact) mass is 471 g/mol. The number of anilines is 2. The minimum Gasteiger partial charge on any atom is -0.394 e. The third-order valence-electron chi connectivity index (χ3n) is 7.46. The maximum absolute atomic E-state index is 10.5. The number of imidazole rings is 1. The van der Waals surface area contributed by atoms with Gasteiger partial charge in [-0.2, -0.15) is 9.97 Å². The third-order valence-corrected chi connectivity index (χ3v) is 7.63. The number of rotatable bonds is 3. The Labute approximate surface area is 195 Å². The predicted octanol–water partition coefficient (Wildman–Crippen LogP) is 2.44. The van der Waals surface area contributed by atoms with Crippen LogP contribution in [0, 0.1) is 0 Å². The number of aliphatic hydroxyl groups excluding tert-OH is 3. The van der Waals surface area contributed by atoms with E-state index in [1.54, 1.807) is 4.57 Å². The number of ether oxygens (including phenoxy) is 1. The van der Waals surface area contributed by atoms with Gasteiger partial charge in [0.25, 0.3) is 0 Å². The van der Waals surface area contributed by atoms with Gasteiger partial charge < -0.3 is 25.0 Å². The molecule has 174 valence electrons. The summed E-state index contributed by atoms with van der Waals surface area (Å²) in [7, 11) is 0. The summed E-state index contributed by atoms with van der Waals surface area (Å²) in [5.41, 5.74) is 3.49. The van der Waals surface area contributed by atoms with Crippen molar-refractivity contribution in [3.8, 4) is 0 Å². The number of aromatic nitrogens is 4. The zero-order valence-corrected chi connectivity index (χ0v) is 18.8. The minimum atomic E-state index is -1.24. The number of halogens is 1. The van der Waals surface area contributed by atoms with Crippen molar-refractivity contribution in [3.63, 3.8) is 0 Å². The molecule has 33 heavy (non-hydrogen) atoms. The lowest BCUT2D eigenvalue weighted by atomic mass is 9.71. The van der Waals surface area contributed by atoms with Crippen molar-refractivity contribution < 1.29 is 20.1 Å². The molecule has 2 aromatic heterocycles. The molecule has 9 nitrogen and oxygen atoms in total. The van der Waals surface area contributed by atoms with Crippen LogP contribution < -0.4 is 4.90 Å². The van der Waals surface area contributed by atoms with E-state index in [4.69, 9.17) is 16.3 Å². The van der Waals surface area contributed by atoms with Crippen LogP contribution in [0.1, 0.15) is 43.9 Å². The molecular weight excluding hydrogens is 446 g/mol. The highest BCUT2D eigenvalue weighted by Crippen LogP contribution is 2.51. The average molecular weight is 472 g/mol. The van der Waals surface area contributed by atoms with E-state index in [2.05, 4.69) is 38.1 Å². The zero-order valence-electron chi connectivity index (χ0n) is 18.0. The average Bonchev–Trinajstić information content (AvgIpc) is 3.47. The van der Waals surface area contributed by atoms with Gasteiger partial charge in [-0.25, -0.2) is 4.98 Å². The summed E-state index contributed by atoms with van der Waals surface area (Å²) in [5, 5.41) is 30.2. The molecule has 0 amide bonds.